The Labute approximate surface area is 178 Å². The van der Waals surface area contributed by atoms with E-state index in [4.69, 9.17) is 0 Å². The van der Waals surface area contributed by atoms with Crippen LogP contribution in [0.15, 0.2) is 63.5 Å². The minimum atomic E-state index is -3.21. The molecule has 0 heterocycles. The van der Waals surface area contributed by atoms with E-state index < -0.39 is 17.4 Å². The van der Waals surface area contributed by atoms with Crippen LogP contribution >= 0.6 is 24.8 Å². The number of hydrogen-bond acceptors (Lipinski definition) is 0. The molecule has 0 bridgehead atoms. The van der Waals surface area contributed by atoms with Gasteiger partial charge in [0.25, 0.3) is 0 Å². The molecule has 0 saturated carbocycles. The Morgan fingerprint density at radius 2 is 1.59 bits per heavy atom. The summed E-state index contributed by atoms with van der Waals surface area (Å²) in [5, 5.41) is 0. The molecule has 2 aromatic rings. The number of allylic oxidation sites excluding steroid dienone is 4. The van der Waals surface area contributed by atoms with Crippen molar-refractivity contribution < 1.29 is 17.4 Å². The molecule has 2 aliphatic carbocycles. The predicted molar refractivity (Wildman–Crippen MR) is 125 cm³/mol. The minimum Gasteiger partial charge on any atom is -0.147 e. The number of hydrogen-bond donors (Lipinski definition) is 0. The summed E-state index contributed by atoms with van der Waals surface area (Å²) in [6, 6.07) is 16.2. The first-order valence-electron chi connectivity index (χ1n) is 9.64. The van der Waals surface area contributed by atoms with Gasteiger partial charge < -0.3 is 0 Å². The molecule has 0 radical (unpaired) electrons. The van der Waals surface area contributed by atoms with E-state index in [2.05, 4.69) is 82.3 Å². The fraction of sp³-hybridized carbons (Fsp3) is 0.304. The Bertz CT molecular complexity index is 993. The van der Waals surface area contributed by atoms with Gasteiger partial charge >= 0.3 is 155 Å². The predicted octanol–water partition coefficient (Wildman–Crippen LogP) is 6.07. The van der Waals surface area contributed by atoms with Crippen LogP contribution in [0.3, 0.4) is 0 Å². The van der Waals surface area contributed by atoms with Gasteiger partial charge in [-0.2, -0.15) is 0 Å². The zero-order valence-corrected chi connectivity index (χ0v) is 22.1. The summed E-state index contributed by atoms with van der Waals surface area (Å²) < 4.78 is 6.33. The maximum Gasteiger partial charge on any atom is -0.147 e. The smallest absolute Gasteiger partial charge is 0.147 e. The second-order valence-corrected chi connectivity index (χ2v) is 34.0. The molecule has 0 aromatic heterocycles. The molecule has 0 unspecified atom stereocenters. The quantitative estimate of drug-likeness (QED) is 0.384. The number of benzene rings is 2. The molecule has 2 aromatic carbocycles. The van der Waals surface area contributed by atoms with E-state index in [1.807, 2.05) is 3.28 Å². The third kappa shape index (κ3) is 3.21. The zero-order chi connectivity index (χ0) is 17.7. The van der Waals surface area contributed by atoms with Crippen LogP contribution in [0.5, 0.6) is 0 Å². The van der Waals surface area contributed by atoms with Gasteiger partial charge in [-0.05, 0) is 0 Å². The van der Waals surface area contributed by atoms with Gasteiger partial charge in [0.1, 0.15) is 0 Å². The maximum atomic E-state index is 2.51. The van der Waals surface area contributed by atoms with Gasteiger partial charge in [-0.1, -0.05) is 0 Å². The molecule has 4 heteroatoms. The van der Waals surface area contributed by atoms with Crippen molar-refractivity contribution in [3.8, 4) is 11.1 Å². The fourth-order valence-electron chi connectivity index (χ4n) is 5.39. The molecule has 27 heavy (non-hydrogen) atoms. The second-order valence-electron chi connectivity index (χ2n) is 8.08. The Morgan fingerprint density at radius 3 is 2.22 bits per heavy atom. The van der Waals surface area contributed by atoms with Crippen molar-refractivity contribution in [1.82, 2.24) is 0 Å². The standard InChI is InChI=1S/C13H9.C6H7.2C2H5.2ClH.H2Si.Zr/c1-3-7-12-10(5-1)9-11-6-2-4-8-13(11)12;1-6-4-2-3-5-6;2*1-2;;;;/h1-5,7-8H,9H2;2,4H,3H2,1H3;2*1H2,2H3;2*1H;1H2;. The average Bonchev–Trinajstić information content (AvgIpc) is 3.25. The van der Waals surface area contributed by atoms with Gasteiger partial charge in [0.15, 0.2) is 0 Å². The molecule has 0 aliphatic heterocycles. The van der Waals surface area contributed by atoms with E-state index in [9.17, 15) is 0 Å². The van der Waals surface area contributed by atoms with Crippen LogP contribution in [0, 0.1) is 0 Å². The monoisotopic (exact) mass is 494 g/mol. The molecule has 0 atom stereocenters. The molecular weight excluding hydrogens is 466 g/mol. The van der Waals surface area contributed by atoms with Crippen LogP contribution in [-0.4, -0.2) is 6.88 Å². The SMILES string of the molecule is C[CH2][Zr](=[SiH2])([CH2]C)([C]1=C(C)C=CC1)[c]1cccc2c1Cc1ccccc1-2.Cl.Cl. The van der Waals surface area contributed by atoms with Crippen molar-refractivity contribution in [2.24, 2.45) is 0 Å². The largest absolute Gasteiger partial charge is 0.147 e. The van der Waals surface area contributed by atoms with Crippen molar-refractivity contribution in [2.75, 3.05) is 0 Å². The van der Waals surface area contributed by atoms with Crippen LogP contribution in [0.2, 0.25) is 8.26 Å². The third-order valence-electron chi connectivity index (χ3n) is 7.22. The van der Waals surface area contributed by atoms with Gasteiger partial charge in [-0.3, -0.25) is 0 Å². The Hall–Kier alpha value is -0.400. The maximum absolute atomic E-state index is 3.21. The summed E-state index contributed by atoms with van der Waals surface area (Å²) in [4.78, 5) is 0. The first kappa shape index (κ1) is 22.9. The van der Waals surface area contributed by atoms with Crippen molar-refractivity contribution in [1.29, 1.82) is 0 Å². The number of rotatable bonds is 4. The van der Waals surface area contributed by atoms with Crippen molar-refractivity contribution in [3.05, 3.63) is 74.6 Å². The topological polar surface area (TPSA) is 0 Å². The first-order valence-corrected chi connectivity index (χ1v) is 21.5. The minimum absolute atomic E-state index is 0. The molecule has 4 rings (SSSR count). The van der Waals surface area contributed by atoms with E-state index in [0.29, 0.717) is 0 Å². The normalized spacial score (nSPS) is 15.1. The molecule has 2 aliphatic rings. The van der Waals surface area contributed by atoms with Crippen LogP contribution in [0.4, 0.5) is 0 Å². The Kier molecular flexibility index (Phi) is 6.91. The van der Waals surface area contributed by atoms with Crippen LogP contribution < -0.4 is 3.27 Å². The Balaban J connectivity index is 0.00000131. The summed E-state index contributed by atoms with van der Waals surface area (Å²) in [5.41, 5.74) is 7.71. The van der Waals surface area contributed by atoms with Gasteiger partial charge in [0.2, 0.25) is 0 Å². The Morgan fingerprint density at radius 1 is 0.926 bits per heavy atom. The van der Waals surface area contributed by atoms with Crippen molar-refractivity contribution in [2.45, 2.75) is 41.9 Å². The summed E-state index contributed by atoms with van der Waals surface area (Å²) in [6.45, 7) is 9.75. The van der Waals surface area contributed by atoms with E-state index in [1.165, 1.54) is 31.4 Å². The van der Waals surface area contributed by atoms with Gasteiger partial charge in [0, 0.05) is 0 Å². The van der Waals surface area contributed by atoms with E-state index in [0.717, 1.165) is 6.42 Å². The zero-order valence-electron chi connectivity index (χ0n) is 16.5. The number of fused-ring (bicyclic) bond motifs is 3. The summed E-state index contributed by atoms with van der Waals surface area (Å²) >= 11 is -3.21. The third-order valence-corrected chi connectivity index (χ3v) is 36.3. The summed E-state index contributed by atoms with van der Waals surface area (Å²) in [6.07, 6.45) is 7.09. The van der Waals surface area contributed by atoms with Gasteiger partial charge in [0.05, 0.1) is 0 Å². The average molecular weight is 497 g/mol. The molecular formula is C23H30Cl2SiZr. The van der Waals surface area contributed by atoms with Crippen LogP contribution in [0.25, 0.3) is 11.1 Å². The first-order chi connectivity index (χ1) is 12.0. The van der Waals surface area contributed by atoms with Crippen LogP contribution in [-0.2, 0) is 23.8 Å². The van der Waals surface area contributed by atoms with Crippen LogP contribution in [0.1, 0.15) is 38.3 Å². The van der Waals surface area contributed by atoms with Gasteiger partial charge in [-0.25, -0.2) is 0 Å². The summed E-state index contributed by atoms with van der Waals surface area (Å²) in [5.74, 6) is 0. The van der Waals surface area contributed by atoms with E-state index >= 15 is 0 Å². The van der Waals surface area contributed by atoms with E-state index in [-0.39, 0.29) is 24.8 Å². The fourth-order valence-corrected chi connectivity index (χ4v) is 24.0. The molecule has 0 fully saturated rings. The molecule has 0 nitrogen and oxygen atoms in total. The molecule has 144 valence electrons. The van der Waals surface area contributed by atoms with Gasteiger partial charge in [-0.15, -0.1) is 24.8 Å². The molecule has 0 saturated heterocycles. The van der Waals surface area contributed by atoms with Crippen molar-refractivity contribution >= 4 is 35.0 Å². The molecule has 0 N–H and O–H groups in total. The molecule has 0 amide bonds. The summed E-state index contributed by atoms with van der Waals surface area (Å²) in [7, 11) is 0. The molecule has 0 spiro atoms. The van der Waals surface area contributed by atoms with E-state index in [1.54, 1.807) is 14.4 Å². The van der Waals surface area contributed by atoms with Crippen molar-refractivity contribution in [3.63, 3.8) is 0 Å². The second kappa shape index (κ2) is 8.15. The number of halogens is 2.